The molecule has 0 atom stereocenters. The van der Waals surface area contributed by atoms with Crippen molar-refractivity contribution in [2.24, 2.45) is 0 Å². The van der Waals surface area contributed by atoms with E-state index >= 15 is 0 Å². The van der Waals surface area contributed by atoms with Gasteiger partial charge in [-0.05, 0) is 75.3 Å². The van der Waals surface area contributed by atoms with Gasteiger partial charge in [0, 0.05) is 17.3 Å². The highest BCUT2D eigenvalue weighted by atomic mass is 79.9. The third kappa shape index (κ3) is 3.68. The van der Waals surface area contributed by atoms with Crippen LogP contribution in [0.2, 0.25) is 0 Å². The Morgan fingerprint density at radius 3 is 1.74 bits per heavy atom. The minimum Gasteiger partial charge on any atom is -0.294 e. The highest BCUT2D eigenvalue weighted by molar-refractivity contribution is 9.09. The first-order valence-electron chi connectivity index (χ1n) is 7.07. The Hall–Kier alpha value is -0.630. The maximum absolute atomic E-state index is 12.5. The molecule has 0 aromatic heterocycles. The first-order valence-corrected chi connectivity index (χ1v) is 8.20. The molecule has 106 valence electrons. The van der Waals surface area contributed by atoms with Gasteiger partial charge in [0.25, 0.3) is 0 Å². The quantitative estimate of drug-likeness (QED) is 0.390. The number of benzene rings is 1. The average Bonchev–Trinajstić information content (AvgIpc) is 2.39. The van der Waals surface area contributed by atoms with E-state index in [1.54, 1.807) is 0 Å². The van der Waals surface area contributed by atoms with Gasteiger partial charge in [0.15, 0.2) is 5.78 Å². The van der Waals surface area contributed by atoms with Gasteiger partial charge in [0.05, 0.1) is 0 Å². The molecule has 2 heteroatoms. The summed E-state index contributed by atoms with van der Waals surface area (Å²) < 4.78 is 0. The van der Waals surface area contributed by atoms with Gasteiger partial charge in [-0.2, -0.15) is 0 Å². The minimum absolute atomic E-state index is 0.316. The van der Waals surface area contributed by atoms with Crippen molar-refractivity contribution < 1.29 is 4.79 Å². The first kappa shape index (κ1) is 16.4. The standard InChI is InChI=1S/C17H25BrO/c1-11-12(2)14(4)17(15(5)13(11)3)16(19)9-7-6-8-10-18/h6-10H2,1-5H3. The zero-order valence-electron chi connectivity index (χ0n) is 12.8. The maximum Gasteiger partial charge on any atom is 0.163 e. The van der Waals surface area contributed by atoms with Crippen molar-refractivity contribution in [1.82, 2.24) is 0 Å². The number of alkyl halides is 1. The van der Waals surface area contributed by atoms with Crippen molar-refractivity contribution in [3.63, 3.8) is 0 Å². The zero-order valence-corrected chi connectivity index (χ0v) is 14.4. The smallest absolute Gasteiger partial charge is 0.163 e. The second kappa shape index (κ2) is 7.23. The summed E-state index contributed by atoms with van der Waals surface area (Å²) in [7, 11) is 0. The molecule has 0 saturated carbocycles. The SMILES string of the molecule is Cc1c(C)c(C)c(C(=O)CCCCCBr)c(C)c1C. The largest absolute Gasteiger partial charge is 0.294 e. The van der Waals surface area contributed by atoms with Crippen molar-refractivity contribution in [1.29, 1.82) is 0 Å². The van der Waals surface area contributed by atoms with Crippen LogP contribution >= 0.6 is 15.9 Å². The molecule has 0 radical (unpaired) electrons. The van der Waals surface area contributed by atoms with Crippen LogP contribution in [0.4, 0.5) is 0 Å². The predicted molar refractivity (Wildman–Crippen MR) is 86.7 cm³/mol. The van der Waals surface area contributed by atoms with Crippen LogP contribution in [-0.4, -0.2) is 11.1 Å². The molecule has 0 amide bonds. The molecule has 1 aromatic rings. The summed E-state index contributed by atoms with van der Waals surface area (Å²) in [6, 6.07) is 0. The number of ketones is 1. The predicted octanol–water partition coefficient (Wildman–Crippen LogP) is 5.37. The number of Topliss-reactive ketones (excluding diaryl/α,β-unsaturated/α-hetero) is 1. The second-order valence-corrected chi connectivity index (χ2v) is 6.22. The normalized spacial score (nSPS) is 10.8. The van der Waals surface area contributed by atoms with Gasteiger partial charge in [0.1, 0.15) is 0 Å². The average molecular weight is 325 g/mol. The fourth-order valence-corrected chi connectivity index (χ4v) is 3.00. The highest BCUT2D eigenvalue weighted by Crippen LogP contribution is 2.27. The summed E-state index contributed by atoms with van der Waals surface area (Å²) in [5, 5.41) is 1.03. The van der Waals surface area contributed by atoms with Gasteiger partial charge >= 0.3 is 0 Å². The number of carbonyl (C=O) groups is 1. The van der Waals surface area contributed by atoms with Crippen LogP contribution < -0.4 is 0 Å². The van der Waals surface area contributed by atoms with Gasteiger partial charge in [-0.15, -0.1) is 0 Å². The highest BCUT2D eigenvalue weighted by Gasteiger charge is 2.17. The molecule has 0 aliphatic heterocycles. The van der Waals surface area contributed by atoms with E-state index in [1.807, 2.05) is 0 Å². The number of carbonyl (C=O) groups excluding carboxylic acids is 1. The third-order valence-electron chi connectivity index (χ3n) is 4.32. The van der Waals surface area contributed by atoms with Crippen LogP contribution in [0.1, 0.15) is 63.9 Å². The second-order valence-electron chi connectivity index (χ2n) is 5.42. The summed E-state index contributed by atoms with van der Waals surface area (Å²) in [5.41, 5.74) is 7.18. The topological polar surface area (TPSA) is 17.1 Å². The van der Waals surface area contributed by atoms with E-state index in [0.717, 1.165) is 30.2 Å². The molecule has 0 spiro atoms. The number of unbranched alkanes of at least 4 members (excludes halogenated alkanes) is 2. The van der Waals surface area contributed by atoms with E-state index in [9.17, 15) is 4.79 Å². The van der Waals surface area contributed by atoms with Crippen molar-refractivity contribution in [2.45, 2.75) is 60.3 Å². The summed E-state index contributed by atoms with van der Waals surface area (Å²) in [4.78, 5) is 12.5. The zero-order chi connectivity index (χ0) is 14.6. The fraction of sp³-hybridized carbons (Fsp3) is 0.588. The molecule has 0 N–H and O–H groups in total. The monoisotopic (exact) mass is 324 g/mol. The number of rotatable bonds is 6. The molecule has 1 rings (SSSR count). The lowest BCUT2D eigenvalue weighted by atomic mass is 9.86. The Morgan fingerprint density at radius 1 is 0.789 bits per heavy atom. The van der Waals surface area contributed by atoms with Crippen LogP contribution in [0.3, 0.4) is 0 Å². The lowest BCUT2D eigenvalue weighted by Crippen LogP contribution is -2.09. The molecular weight excluding hydrogens is 300 g/mol. The van der Waals surface area contributed by atoms with E-state index in [-0.39, 0.29) is 0 Å². The Balaban J connectivity index is 2.97. The van der Waals surface area contributed by atoms with Crippen LogP contribution in [-0.2, 0) is 0 Å². The molecule has 0 saturated heterocycles. The van der Waals surface area contributed by atoms with Gasteiger partial charge in [-0.3, -0.25) is 4.79 Å². The van der Waals surface area contributed by atoms with Crippen molar-refractivity contribution in [3.05, 3.63) is 33.4 Å². The van der Waals surface area contributed by atoms with Gasteiger partial charge < -0.3 is 0 Å². The molecule has 0 heterocycles. The molecule has 0 fully saturated rings. The number of halogens is 1. The van der Waals surface area contributed by atoms with Crippen molar-refractivity contribution >= 4 is 21.7 Å². The Morgan fingerprint density at radius 2 is 1.26 bits per heavy atom. The van der Waals surface area contributed by atoms with Crippen molar-refractivity contribution in [2.75, 3.05) is 5.33 Å². The molecule has 0 aliphatic rings. The number of hydrogen-bond acceptors (Lipinski definition) is 1. The number of hydrogen-bond donors (Lipinski definition) is 0. The first-order chi connectivity index (χ1) is 8.91. The molecular formula is C17H25BrO. The summed E-state index contributed by atoms with van der Waals surface area (Å²) >= 11 is 3.43. The Kier molecular flexibility index (Phi) is 6.25. The molecule has 0 unspecified atom stereocenters. The minimum atomic E-state index is 0.316. The molecule has 1 aromatic carbocycles. The Bertz CT molecular complexity index is 446. The van der Waals surface area contributed by atoms with Gasteiger partial charge in [0.2, 0.25) is 0 Å². The Labute approximate surface area is 125 Å². The molecule has 1 nitrogen and oxygen atoms in total. The summed E-state index contributed by atoms with van der Waals surface area (Å²) in [5.74, 6) is 0.316. The van der Waals surface area contributed by atoms with E-state index < -0.39 is 0 Å². The van der Waals surface area contributed by atoms with Gasteiger partial charge in [-0.1, -0.05) is 22.4 Å². The third-order valence-corrected chi connectivity index (χ3v) is 4.88. The lowest BCUT2D eigenvalue weighted by molar-refractivity contribution is 0.0978. The molecule has 0 aliphatic carbocycles. The van der Waals surface area contributed by atoms with E-state index in [0.29, 0.717) is 12.2 Å². The van der Waals surface area contributed by atoms with E-state index in [4.69, 9.17) is 0 Å². The van der Waals surface area contributed by atoms with Crippen LogP contribution in [0, 0.1) is 34.6 Å². The fourth-order valence-electron chi connectivity index (χ4n) is 2.60. The van der Waals surface area contributed by atoms with Crippen LogP contribution in [0.5, 0.6) is 0 Å². The van der Waals surface area contributed by atoms with E-state index in [2.05, 4.69) is 50.5 Å². The molecule has 0 bridgehead atoms. The van der Waals surface area contributed by atoms with Crippen LogP contribution in [0.15, 0.2) is 0 Å². The lowest BCUT2D eigenvalue weighted by Gasteiger charge is -2.17. The summed E-state index contributed by atoms with van der Waals surface area (Å²) in [6.45, 7) is 10.6. The summed E-state index contributed by atoms with van der Waals surface area (Å²) in [6.07, 6.45) is 3.95. The molecule has 19 heavy (non-hydrogen) atoms. The van der Waals surface area contributed by atoms with Crippen LogP contribution in [0.25, 0.3) is 0 Å². The maximum atomic E-state index is 12.5. The van der Waals surface area contributed by atoms with Gasteiger partial charge in [-0.25, -0.2) is 0 Å². The van der Waals surface area contributed by atoms with E-state index in [1.165, 1.54) is 27.8 Å². The van der Waals surface area contributed by atoms with Crippen molar-refractivity contribution in [3.8, 4) is 0 Å².